The van der Waals surface area contributed by atoms with Gasteiger partial charge >= 0.3 is 0 Å². The predicted molar refractivity (Wildman–Crippen MR) is 84.8 cm³/mol. The van der Waals surface area contributed by atoms with Crippen molar-refractivity contribution in [3.05, 3.63) is 29.8 Å². The number of carbonyl (C=O) groups excluding carboxylic acids is 1. The Balaban J connectivity index is 1.88. The molecule has 0 heterocycles. The Morgan fingerprint density at radius 2 is 2.10 bits per heavy atom. The summed E-state index contributed by atoms with van der Waals surface area (Å²) in [6.45, 7) is 0.0742. The molecule has 2 rings (SSSR count). The first kappa shape index (κ1) is 15.6. The molecule has 0 atom stereocenters. The highest BCUT2D eigenvalue weighted by Crippen LogP contribution is 2.26. The van der Waals surface area contributed by atoms with Gasteiger partial charge in [-0.25, -0.2) is 0 Å². The van der Waals surface area contributed by atoms with E-state index in [1.807, 2.05) is 24.3 Å². The van der Waals surface area contributed by atoms with Crippen LogP contribution in [0.3, 0.4) is 0 Å². The maximum Gasteiger partial charge on any atom is 0.224 e. The quantitative estimate of drug-likeness (QED) is 0.834. The number of carbonyl (C=O) groups is 1. The van der Waals surface area contributed by atoms with Crippen LogP contribution in [0.1, 0.15) is 50.5 Å². The summed E-state index contributed by atoms with van der Waals surface area (Å²) in [4.78, 5) is 12.1. The summed E-state index contributed by atoms with van der Waals surface area (Å²) in [5, 5.41) is 11.7. The van der Waals surface area contributed by atoms with Gasteiger partial charge in [0.2, 0.25) is 5.91 Å². The summed E-state index contributed by atoms with van der Waals surface area (Å²) >= 11 is 0. The molecule has 0 unspecified atom stereocenters. The Bertz CT molecular complexity index is 522. The number of hydrogen-bond donors (Lipinski definition) is 2. The maximum absolute atomic E-state index is 12.1. The van der Waals surface area contributed by atoms with Crippen molar-refractivity contribution < 1.29 is 9.90 Å². The summed E-state index contributed by atoms with van der Waals surface area (Å²) in [6, 6.07) is 7.56. The van der Waals surface area contributed by atoms with Crippen molar-refractivity contribution in [2.45, 2.75) is 44.9 Å². The second-order valence-electron chi connectivity index (χ2n) is 5.61. The molecule has 1 aromatic rings. The summed E-state index contributed by atoms with van der Waals surface area (Å²) in [7, 11) is 0. The van der Waals surface area contributed by atoms with Crippen molar-refractivity contribution >= 4 is 11.6 Å². The van der Waals surface area contributed by atoms with E-state index in [-0.39, 0.29) is 12.5 Å². The fraction of sp³-hybridized carbons (Fsp3) is 0.500. The molecular weight excluding hydrogens is 262 g/mol. The number of nitrogens with one attached hydrogen (secondary N) is 1. The molecule has 112 valence electrons. The van der Waals surface area contributed by atoms with Crippen LogP contribution in [0, 0.1) is 17.8 Å². The lowest BCUT2D eigenvalue weighted by Crippen LogP contribution is -2.18. The van der Waals surface area contributed by atoms with Crippen LogP contribution < -0.4 is 5.32 Å². The molecule has 2 N–H and O–H groups in total. The fourth-order valence-electron chi connectivity index (χ4n) is 2.76. The minimum Gasteiger partial charge on any atom is -0.395 e. The highest BCUT2D eigenvalue weighted by molar-refractivity contribution is 5.91. The fourth-order valence-corrected chi connectivity index (χ4v) is 2.76. The van der Waals surface area contributed by atoms with E-state index in [4.69, 9.17) is 5.11 Å². The van der Waals surface area contributed by atoms with Crippen molar-refractivity contribution in [2.75, 3.05) is 11.9 Å². The van der Waals surface area contributed by atoms with E-state index >= 15 is 0 Å². The minimum absolute atomic E-state index is 0.0742. The zero-order valence-electron chi connectivity index (χ0n) is 12.4. The molecule has 1 fully saturated rings. The van der Waals surface area contributed by atoms with E-state index in [0.717, 1.165) is 11.3 Å². The zero-order chi connectivity index (χ0) is 14.9. The molecule has 0 radical (unpaired) electrons. The molecule has 1 aliphatic carbocycles. The molecular formula is C18H23NO2. The van der Waals surface area contributed by atoms with Gasteiger partial charge in [-0.15, -0.1) is 0 Å². The minimum atomic E-state index is 0.0742. The molecule has 0 spiro atoms. The number of anilines is 1. The summed E-state index contributed by atoms with van der Waals surface area (Å²) in [6.07, 6.45) is 7.29. The average Bonchev–Trinajstić information content (AvgIpc) is 2.49. The van der Waals surface area contributed by atoms with Crippen LogP contribution in [-0.4, -0.2) is 17.6 Å². The van der Waals surface area contributed by atoms with Gasteiger partial charge in [-0.2, -0.15) is 0 Å². The van der Waals surface area contributed by atoms with Crippen molar-refractivity contribution in [3.8, 4) is 11.8 Å². The number of amides is 1. The molecule has 21 heavy (non-hydrogen) atoms. The van der Waals surface area contributed by atoms with Gasteiger partial charge in [-0.1, -0.05) is 37.2 Å². The van der Waals surface area contributed by atoms with E-state index in [1.165, 1.54) is 32.1 Å². The largest absolute Gasteiger partial charge is 0.395 e. The van der Waals surface area contributed by atoms with Gasteiger partial charge in [-0.3, -0.25) is 4.79 Å². The third kappa shape index (κ3) is 5.61. The predicted octanol–water partition coefficient (Wildman–Crippen LogP) is 3.33. The van der Waals surface area contributed by atoms with E-state index in [0.29, 0.717) is 18.8 Å². The molecule has 0 bridgehead atoms. The van der Waals surface area contributed by atoms with Gasteiger partial charge in [0.15, 0.2) is 0 Å². The molecule has 3 heteroatoms. The van der Waals surface area contributed by atoms with Crippen molar-refractivity contribution in [2.24, 2.45) is 5.92 Å². The second kappa shape index (κ2) is 8.49. The Kier molecular flexibility index (Phi) is 6.30. The monoisotopic (exact) mass is 285 g/mol. The molecule has 1 amide bonds. The molecule has 1 saturated carbocycles. The highest BCUT2D eigenvalue weighted by Gasteiger charge is 2.16. The first-order valence-corrected chi connectivity index (χ1v) is 7.77. The van der Waals surface area contributed by atoms with Gasteiger partial charge in [0.25, 0.3) is 0 Å². The van der Waals surface area contributed by atoms with Gasteiger partial charge in [0.1, 0.15) is 0 Å². The molecule has 0 saturated heterocycles. The van der Waals surface area contributed by atoms with Crippen LogP contribution in [0.15, 0.2) is 24.3 Å². The lowest BCUT2D eigenvalue weighted by molar-refractivity contribution is -0.117. The Morgan fingerprint density at radius 3 is 2.86 bits per heavy atom. The molecule has 1 aliphatic rings. The normalized spacial score (nSPS) is 15.1. The standard InChI is InChI=1S/C18H23NO2/c20-12-5-4-9-15-10-6-11-17(13-15)19-18(21)14-16-7-2-1-3-8-16/h6,10-11,13,16,20H,1-3,5,7-8,12,14H2,(H,19,21). The topological polar surface area (TPSA) is 49.3 Å². The molecule has 0 aliphatic heterocycles. The van der Waals surface area contributed by atoms with Crippen molar-refractivity contribution in [3.63, 3.8) is 0 Å². The second-order valence-corrected chi connectivity index (χ2v) is 5.61. The number of hydrogen-bond acceptors (Lipinski definition) is 2. The van der Waals surface area contributed by atoms with Crippen LogP contribution in [0.5, 0.6) is 0 Å². The van der Waals surface area contributed by atoms with Gasteiger partial charge in [0, 0.05) is 24.1 Å². The van der Waals surface area contributed by atoms with E-state index < -0.39 is 0 Å². The lowest BCUT2D eigenvalue weighted by Gasteiger charge is -2.20. The van der Waals surface area contributed by atoms with E-state index in [9.17, 15) is 4.79 Å². The summed E-state index contributed by atoms with van der Waals surface area (Å²) in [5.74, 6) is 6.51. The van der Waals surface area contributed by atoms with Gasteiger partial charge in [0.05, 0.1) is 6.61 Å². The number of rotatable bonds is 4. The van der Waals surface area contributed by atoms with Gasteiger partial charge in [-0.05, 0) is 37.0 Å². The first-order valence-electron chi connectivity index (χ1n) is 7.77. The number of aliphatic hydroxyl groups excluding tert-OH is 1. The zero-order valence-corrected chi connectivity index (χ0v) is 12.4. The Hall–Kier alpha value is -1.79. The third-order valence-corrected chi connectivity index (χ3v) is 3.81. The number of aliphatic hydroxyl groups is 1. The number of benzene rings is 1. The van der Waals surface area contributed by atoms with Gasteiger partial charge < -0.3 is 10.4 Å². The van der Waals surface area contributed by atoms with Crippen LogP contribution in [0.25, 0.3) is 0 Å². The summed E-state index contributed by atoms with van der Waals surface area (Å²) in [5.41, 5.74) is 1.66. The SMILES string of the molecule is O=C(CC1CCCCC1)Nc1cccc(C#CCCO)c1. The molecule has 3 nitrogen and oxygen atoms in total. The maximum atomic E-state index is 12.1. The van der Waals surface area contributed by atoms with Crippen LogP contribution >= 0.6 is 0 Å². The van der Waals surface area contributed by atoms with Crippen LogP contribution in [-0.2, 0) is 4.79 Å². The van der Waals surface area contributed by atoms with Crippen molar-refractivity contribution in [1.29, 1.82) is 0 Å². The molecule has 0 aromatic heterocycles. The Labute approximate surface area is 126 Å². The lowest BCUT2D eigenvalue weighted by atomic mass is 9.87. The van der Waals surface area contributed by atoms with E-state index in [1.54, 1.807) is 0 Å². The van der Waals surface area contributed by atoms with Crippen LogP contribution in [0.4, 0.5) is 5.69 Å². The Morgan fingerprint density at radius 1 is 1.29 bits per heavy atom. The van der Waals surface area contributed by atoms with Crippen molar-refractivity contribution in [1.82, 2.24) is 0 Å². The third-order valence-electron chi connectivity index (χ3n) is 3.81. The summed E-state index contributed by atoms with van der Waals surface area (Å²) < 4.78 is 0. The highest BCUT2D eigenvalue weighted by atomic mass is 16.2. The smallest absolute Gasteiger partial charge is 0.224 e. The van der Waals surface area contributed by atoms with Crippen LogP contribution in [0.2, 0.25) is 0 Å². The average molecular weight is 285 g/mol. The molecule has 1 aromatic carbocycles. The van der Waals surface area contributed by atoms with E-state index in [2.05, 4.69) is 17.2 Å². The first-order chi connectivity index (χ1) is 10.3.